The smallest absolute Gasteiger partial charge is 0.339 e. The minimum Gasteiger partial charge on any atom is -0.496 e. The fourth-order valence-electron chi connectivity index (χ4n) is 1.79. The lowest BCUT2D eigenvalue weighted by Crippen LogP contribution is -2.24. The molecule has 0 unspecified atom stereocenters. The van der Waals surface area contributed by atoms with Gasteiger partial charge in [-0.1, -0.05) is 18.2 Å². The number of carbonyl (C=O) groups is 1. The van der Waals surface area contributed by atoms with Gasteiger partial charge in [0, 0.05) is 5.69 Å². The highest BCUT2D eigenvalue weighted by Crippen LogP contribution is 2.24. The number of hydrogen-bond donors (Lipinski definition) is 2. The van der Waals surface area contributed by atoms with Crippen LogP contribution in [-0.2, 0) is 0 Å². The lowest BCUT2D eigenvalue weighted by Gasteiger charge is -2.07. The van der Waals surface area contributed by atoms with Crippen LogP contribution in [0.4, 0.5) is 10.5 Å². The molecule has 0 bridgehead atoms. The Hall–Kier alpha value is -2.34. The number of hydrogen-bond acceptors (Lipinski definition) is 3. The summed E-state index contributed by atoms with van der Waals surface area (Å²) in [7, 11) is 1.60. The van der Waals surface area contributed by atoms with E-state index >= 15 is 0 Å². The van der Waals surface area contributed by atoms with Gasteiger partial charge in [0.2, 0.25) is 0 Å². The van der Waals surface area contributed by atoms with Gasteiger partial charge < -0.3 is 10.1 Å². The van der Waals surface area contributed by atoms with Crippen LogP contribution >= 0.6 is 15.9 Å². The number of carbonyl (C=O) groups excluding carboxylic acids is 1. The van der Waals surface area contributed by atoms with Crippen LogP contribution in [0.25, 0.3) is 0 Å². The second-order valence-corrected chi connectivity index (χ2v) is 5.39. The monoisotopic (exact) mass is 361 g/mol. The Morgan fingerprint density at radius 3 is 2.73 bits per heavy atom. The van der Waals surface area contributed by atoms with Crippen molar-refractivity contribution < 1.29 is 9.53 Å². The van der Waals surface area contributed by atoms with E-state index < -0.39 is 6.03 Å². The summed E-state index contributed by atoms with van der Waals surface area (Å²) in [5.74, 6) is 0.738. The molecule has 5 nitrogen and oxygen atoms in total. The highest BCUT2D eigenvalue weighted by Gasteiger charge is 2.02. The van der Waals surface area contributed by atoms with Crippen LogP contribution in [0.2, 0.25) is 0 Å². The van der Waals surface area contributed by atoms with Crippen molar-refractivity contribution in [1.29, 1.82) is 0 Å². The number of benzene rings is 2. The highest BCUT2D eigenvalue weighted by atomic mass is 79.9. The number of anilines is 1. The van der Waals surface area contributed by atoms with Crippen molar-refractivity contribution in [3.63, 3.8) is 0 Å². The van der Waals surface area contributed by atoms with Gasteiger partial charge in [0.25, 0.3) is 0 Å². The molecule has 0 atom stereocenters. The van der Waals surface area contributed by atoms with Crippen LogP contribution in [0, 0.1) is 6.92 Å². The molecular formula is C16H16BrN3O2. The van der Waals surface area contributed by atoms with E-state index in [9.17, 15) is 4.79 Å². The third kappa shape index (κ3) is 4.33. The van der Waals surface area contributed by atoms with Gasteiger partial charge in [0.1, 0.15) is 5.75 Å². The van der Waals surface area contributed by atoms with Gasteiger partial charge in [0.15, 0.2) is 0 Å². The predicted molar refractivity (Wildman–Crippen MR) is 91.6 cm³/mol. The predicted octanol–water partition coefficient (Wildman–Crippen LogP) is 3.92. The first kappa shape index (κ1) is 16.0. The first-order valence-electron chi connectivity index (χ1n) is 6.59. The van der Waals surface area contributed by atoms with Gasteiger partial charge >= 0.3 is 6.03 Å². The normalized spacial score (nSPS) is 10.5. The SMILES string of the molecule is COc1ccc(C=NNC(=O)Nc2ccccc2C)cc1Br. The second-order valence-electron chi connectivity index (χ2n) is 4.53. The van der Waals surface area contributed by atoms with Gasteiger partial charge in [0.05, 0.1) is 17.8 Å². The number of aryl methyl sites for hydroxylation is 1. The second kappa shape index (κ2) is 7.61. The van der Waals surface area contributed by atoms with Crippen LogP contribution in [0.1, 0.15) is 11.1 Å². The molecule has 2 aromatic carbocycles. The zero-order valence-electron chi connectivity index (χ0n) is 12.3. The maximum Gasteiger partial charge on any atom is 0.339 e. The zero-order valence-corrected chi connectivity index (χ0v) is 13.8. The van der Waals surface area contributed by atoms with Crippen molar-refractivity contribution in [2.24, 2.45) is 5.10 Å². The number of para-hydroxylation sites is 1. The molecule has 2 amide bonds. The van der Waals surface area contributed by atoms with Crippen LogP contribution in [-0.4, -0.2) is 19.4 Å². The van der Waals surface area contributed by atoms with Crippen molar-refractivity contribution in [2.75, 3.05) is 12.4 Å². The van der Waals surface area contributed by atoms with E-state index in [1.807, 2.05) is 49.4 Å². The molecule has 0 aliphatic carbocycles. The average molecular weight is 362 g/mol. The number of ether oxygens (including phenoxy) is 1. The number of methoxy groups -OCH3 is 1. The zero-order chi connectivity index (χ0) is 15.9. The number of nitrogens with one attached hydrogen (secondary N) is 2. The minimum atomic E-state index is -0.391. The Morgan fingerprint density at radius 2 is 2.05 bits per heavy atom. The van der Waals surface area contributed by atoms with Gasteiger partial charge in [-0.3, -0.25) is 0 Å². The molecule has 2 rings (SSSR count). The number of nitrogens with zero attached hydrogens (tertiary/aromatic N) is 1. The van der Waals surface area contributed by atoms with Crippen molar-refractivity contribution in [1.82, 2.24) is 5.43 Å². The lowest BCUT2D eigenvalue weighted by molar-refractivity contribution is 0.252. The molecule has 114 valence electrons. The quantitative estimate of drug-likeness (QED) is 0.640. The number of halogens is 1. The summed E-state index contributed by atoms with van der Waals surface area (Å²) in [5, 5.41) is 6.65. The maximum atomic E-state index is 11.8. The molecule has 0 aliphatic rings. The summed E-state index contributed by atoms with van der Waals surface area (Å²) in [6.07, 6.45) is 1.56. The molecule has 0 spiro atoms. The Kier molecular flexibility index (Phi) is 5.55. The number of hydrazone groups is 1. The molecule has 0 radical (unpaired) electrons. The van der Waals surface area contributed by atoms with E-state index in [0.717, 1.165) is 27.0 Å². The van der Waals surface area contributed by atoms with E-state index in [1.165, 1.54) is 0 Å². The summed E-state index contributed by atoms with van der Waals surface area (Å²) >= 11 is 3.39. The molecule has 0 aromatic heterocycles. The van der Waals surface area contributed by atoms with Gasteiger partial charge in [-0.15, -0.1) is 0 Å². The molecule has 0 saturated carbocycles. The molecule has 2 N–H and O–H groups in total. The van der Waals surface area contributed by atoms with E-state index in [1.54, 1.807) is 13.3 Å². The fourth-order valence-corrected chi connectivity index (χ4v) is 2.35. The number of urea groups is 1. The Morgan fingerprint density at radius 1 is 1.27 bits per heavy atom. The van der Waals surface area contributed by atoms with Crippen LogP contribution in [0.3, 0.4) is 0 Å². The van der Waals surface area contributed by atoms with Crippen molar-refractivity contribution >= 4 is 33.9 Å². The topological polar surface area (TPSA) is 62.7 Å². The third-order valence-electron chi connectivity index (χ3n) is 2.95. The Labute approximate surface area is 137 Å². The Balaban J connectivity index is 1.93. The Bertz CT molecular complexity index is 702. The van der Waals surface area contributed by atoms with E-state index in [4.69, 9.17) is 4.74 Å². The van der Waals surface area contributed by atoms with Gasteiger partial charge in [-0.2, -0.15) is 5.10 Å². The summed E-state index contributed by atoms with van der Waals surface area (Å²) in [6.45, 7) is 1.92. The van der Waals surface area contributed by atoms with Crippen molar-refractivity contribution in [3.05, 3.63) is 58.1 Å². The van der Waals surface area contributed by atoms with Crippen LogP contribution < -0.4 is 15.5 Å². The van der Waals surface area contributed by atoms with Gasteiger partial charge in [-0.05, 0) is 58.2 Å². The number of rotatable bonds is 4. The standard InChI is InChI=1S/C16H16BrN3O2/c1-11-5-3-4-6-14(11)19-16(21)20-18-10-12-7-8-15(22-2)13(17)9-12/h3-10H,1-2H3,(H2,19,20,21). The molecule has 0 aliphatic heterocycles. The first-order chi connectivity index (χ1) is 10.6. The maximum absolute atomic E-state index is 11.8. The van der Waals surface area contributed by atoms with E-state index in [2.05, 4.69) is 31.8 Å². The van der Waals surface area contributed by atoms with Crippen molar-refractivity contribution in [3.8, 4) is 5.75 Å². The van der Waals surface area contributed by atoms with E-state index in [0.29, 0.717) is 0 Å². The van der Waals surface area contributed by atoms with E-state index in [-0.39, 0.29) is 0 Å². The highest BCUT2D eigenvalue weighted by molar-refractivity contribution is 9.10. The van der Waals surface area contributed by atoms with Crippen molar-refractivity contribution in [2.45, 2.75) is 6.92 Å². The molecule has 0 fully saturated rings. The van der Waals surface area contributed by atoms with Crippen LogP contribution in [0.15, 0.2) is 52.0 Å². The summed E-state index contributed by atoms with van der Waals surface area (Å²) < 4.78 is 5.97. The number of amides is 2. The summed E-state index contributed by atoms with van der Waals surface area (Å²) in [4.78, 5) is 11.8. The van der Waals surface area contributed by atoms with Crippen LogP contribution in [0.5, 0.6) is 5.75 Å². The fraction of sp³-hybridized carbons (Fsp3) is 0.125. The molecule has 22 heavy (non-hydrogen) atoms. The average Bonchev–Trinajstić information content (AvgIpc) is 2.50. The molecule has 0 heterocycles. The lowest BCUT2D eigenvalue weighted by atomic mass is 10.2. The first-order valence-corrected chi connectivity index (χ1v) is 7.38. The molecule has 6 heteroatoms. The van der Waals surface area contributed by atoms with Gasteiger partial charge in [-0.25, -0.2) is 10.2 Å². The largest absolute Gasteiger partial charge is 0.496 e. The molecule has 2 aromatic rings. The summed E-state index contributed by atoms with van der Waals surface area (Å²) in [6, 6.07) is 12.7. The minimum absolute atomic E-state index is 0.391. The third-order valence-corrected chi connectivity index (χ3v) is 3.57. The molecule has 0 saturated heterocycles. The summed E-state index contributed by atoms with van der Waals surface area (Å²) in [5.41, 5.74) is 5.00. The molecular weight excluding hydrogens is 346 g/mol.